The quantitative estimate of drug-likeness (QED) is 0.357. The molecule has 0 amide bonds. The number of nitrogens with one attached hydrogen (secondary N) is 1. The van der Waals surface area contributed by atoms with Crippen LogP contribution in [0.3, 0.4) is 0 Å². The topological polar surface area (TPSA) is 74.2 Å². The highest BCUT2D eigenvalue weighted by atomic mass is 127. The van der Waals surface area contributed by atoms with E-state index in [1.54, 1.807) is 19.2 Å². The van der Waals surface area contributed by atoms with Gasteiger partial charge in [0.1, 0.15) is 5.82 Å². The molecule has 1 aromatic rings. The molecule has 0 radical (unpaired) electrons. The molecule has 10 heteroatoms. The van der Waals surface area contributed by atoms with Crippen LogP contribution in [0.25, 0.3) is 0 Å². The summed E-state index contributed by atoms with van der Waals surface area (Å²) < 4.78 is 43.4. The van der Waals surface area contributed by atoms with Gasteiger partial charge in [-0.1, -0.05) is 12.1 Å². The summed E-state index contributed by atoms with van der Waals surface area (Å²) in [6, 6.07) is 6.79. The summed E-state index contributed by atoms with van der Waals surface area (Å²) in [6.45, 7) is 3.93. The van der Waals surface area contributed by atoms with Gasteiger partial charge in [0.2, 0.25) is 0 Å². The van der Waals surface area contributed by atoms with Crippen molar-refractivity contribution in [3.63, 3.8) is 0 Å². The van der Waals surface area contributed by atoms with E-state index in [4.69, 9.17) is 4.74 Å². The number of rotatable bonds is 4. The van der Waals surface area contributed by atoms with Crippen molar-refractivity contribution in [2.75, 3.05) is 64.1 Å². The average Bonchev–Trinajstić information content (AvgIpc) is 2.69. The van der Waals surface area contributed by atoms with E-state index in [-0.39, 0.29) is 29.8 Å². The molecular formula is C19H30FIN4O3S. The Balaban J connectivity index is 0.00000300. The summed E-state index contributed by atoms with van der Waals surface area (Å²) in [4.78, 5) is 8.45. The van der Waals surface area contributed by atoms with Gasteiger partial charge in [-0.05, 0) is 25.0 Å². The fourth-order valence-corrected chi connectivity index (χ4v) is 5.10. The number of guanidine groups is 1. The first kappa shape index (κ1) is 24.1. The van der Waals surface area contributed by atoms with Crippen LogP contribution in [-0.4, -0.2) is 83.3 Å². The Hall–Kier alpha value is -1.14. The Morgan fingerprint density at radius 1 is 1.21 bits per heavy atom. The number of hydrogen-bond acceptors (Lipinski definition) is 5. The number of para-hydroxylation sites is 1. The van der Waals surface area contributed by atoms with Crippen molar-refractivity contribution in [2.24, 2.45) is 4.99 Å². The molecule has 29 heavy (non-hydrogen) atoms. The predicted octanol–water partition coefficient (Wildman–Crippen LogP) is 1.73. The molecule has 1 aromatic carbocycles. The summed E-state index contributed by atoms with van der Waals surface area (Å²) in [6.07, 6.45) is 2.27. The molecule has 0 spiro atoms. The summed E-state index contributed by atoms with van der Waals surface area (Å²) in [7, 11) is -1.54. The zero-order valence-corrected chi connectivity index (χ0v) is 20.1. The minimum absolute atomic E-state index is 0. The van der Waals surface area contributed by atoms with Crippen molar-refractivity contribution in [3.8, 4) is 0 Å². The standard InChI is InChI=1S/C19H29FN4O3S.HI/c1-21-18(22-15-19(28(2,25)26)7-13-27-14-8-19)24-11-9-23(10-12-24)17-6-4-3-5-16(17)20;/h3-6H,7-15H2,1-2H3,(H,21,22);1H. The maximum atomic E-state index is 14.0. The van der Waals surface area contributed by atoms with Gasteiger partial charge in [0, 0.05) is 59.2 Å². The lowest BCUT2D eigenvalue weighted by molar-refractivity contribution is 0.0754. The van der Waals surface area contributed by atoms with E-state index in [9.17, 15) is 12.8 Å². The van der Waals surface area contributed by atoms with Crippen molar-refractivity contribution in [3.05, 3.63) is 30.1 Å². The largest absolute Gasteiger partial charge is 0.381 e. The first-order valence-corrected chi connectivity index (χ1v) is 11.5. The molecule has 0 bridgehead atoms. The Labute approximate surface area is 189 Å². The lowest BCUT2D eigenvalue weighted by atomic mass is 9.99. The summed E-state index contributed by atoms with van der Waals surface area (Å²) >= 11 is 0. The number of hydrogen-bond donors (Lipinski definition) is 1. The number of sulfone groups is 1. The Kier molecular flexibility index (Phi) is 8.53. The highest BCUT2D eigenvalue weighted by Crippen LogP contribution is 2.28. The second kappa shape index (κ2) is 10.3. The first-order valence-electron chi connectivity index (χ1n) is 9.59. The van der Waals surface area contributed by atoms with Crippen LogP contribution in [0.5, 0.6) is 0 Å². The second-order valence-electron chi connectivity index (χ2n) is 7.39. The number of anilines is 1. The van der Waals surface area contributed by atoms with Crippen molar-refractivity contribution < 1.29 is 17.5 Å². The van der Waals surface area contributed by atoms with Gasteiger partial charge in [-0.15, -0.1) is 24.0 Å². The van der Waals surface area contributed by atoms with E-state index in [1.165, 1.54) is 12.3 Å². The fourth-order valence-electron chi connectivity index (χ4n) is 3.86. The molecule has 0 aliphatic carbocycles. The van der Waals surface area contributed by atoms with Crippen LogP contribution in [0.4, 0.5) is 10.1 Å². The maximum absolute atomic E-state index is 14.0. The SMILES string of the molecule is CN=C(NCC1(S(C)(=O)=O)CCOCC1)N1CCN(c2ccccc2F)CC1.I. The molecule has 164 valence electrons. The molecular weight excluding hydrogens is 510 g/mol. The zero-order chi connectivity index (χ0) is 20.2. The van der Waals surface area contributed by atoms with Crippen molar-refractivity contribution in [1.29, 1.82) is 0 Å². The summed E-state index contributed by atoms with van der Waals surface area (Å²) in [5, 5.41) is 3.27. The van der Waals surface area contributed by atoms with Gasteiger partial charge in [-0.3, -0.25) is 4.99 Å². The van der Waals surface area contributed by atoms with Gasteiger partial charge in [-0.25, -0.2) is 12.8 Å². The summed E-state index contributed by atoms with van der Waals surface area (Å²) in [5.41, 5.74) is 0.614. The predicted molar refractivity (Wildman–Crippen MR) is 125 cm³/mol. The molecule has 0 unspecified atom stereocenters. The van der Waals surface area contributed by atoms with E-state index >= 15 is 0 Å². The molecule has 2 heterocycles. The van der Waals surface area contributed by atoms with E-state index < -0.39 is 14.6 Å². The lowest BCUT2D eigenvalue weighted by Crippen LogP contribution is -2.57. The minimum Gasteiger partial charge on any atom is -0.381 e. The van der Waals surface area contributed by atoms with Gasteiger partial charge >= 0.3 is 0 Å². The van der Waals surface area contributed by atoms with Gasteiger partial charge < -0.3 is 19.9 Å². The monoisotopic (exact) mass is 540 g/mol. The van der Waals surface area contributed by atoms with Crippen LogP contribution in [0, 0.1) is 5.82 Å². The molecule has 2 fully saturated rings. The molecule has 2 aliphatic rings. The third-order valence-corrected chi connectivity index (χ3v) is 7.87. The Morgan fingerprint density at radius 3 is 2.38 bits per heavy atom. The van der Waals surface area contributed by atoms with Gasteiger partial charge in [-0.2, -0.15) is 0 Å². The van der Waals surface area contributed by atoms with Crippen LogP contribution < -0.4 is 10.2 Å². The van der Waals surface area contributed by atoms with Crippen molar-refractivity contribution in [2.45, 2.75) is 17.6 Å². The van der Waals surface area contributed by atoms with Crippen LogP contribution in [-0.2, 0) is 14.6 Å². The molecule has 1 N–H and O–H groups in total. The van der Waals surface area contributed by atoms with Gasteiger partial charge in [0.25, 0.3) is 0 Å². The highest BCUT2D eigenvalue weighted by molar-refractivity contribution is 14.0. The van der Waals surface area contributed by atoms with E-state index in [0.29, 0.717) is 70.4 Å². The van der Waals surface area contributed by atoms with E-state index in [2.05, 4.69) is 15.2 Å². The number of nitrogens with zero attached hydrogens (tertiary/aromatic N) is 3. The molecule has 3 rings (SSSR count). The number of ether oxygens (including phenoxy) is 1. The van der Waals surface area contributed by atoms with E-state index in [1.807, 2.05) is 11.0 Å². The number of piperazine rings is 1. The zero-order valence-electron chi connectivity index (χ0n) is 16.9. The molecule has 0 atom stereocenters. The summed E-state index contributed by atoms with van der Waals surface area (Å²) in [5.74, 6) is 0.468. The third kappa shape index (κ3) is 5.52. The van der Waals surface area contributed by atoms with Crippen molar-refractivity contribution in [1.82, 2.24) is 10.2 Å². The fraction of sp³-hybridized carbons (Fsp3) is 0.632. The van der Waals surface area contributed by atoms with Gasteiger partial charge in [0.05, 0.1) is 10.4 Å². The van der Waals surface area contributed by atoms with Crippen LogP contribution in [0.15, 0.2) is 29.3 Å². The normalized spacial score (nSPS) is 20.2. The van der Waals surface area contributed by atoms with Crippen molar-refractivity contribution >= 4 is 45.5 Å². The van der Waals surface area contributed by atoms with Gasteiger partial charge in [0.15, 0.2) is 15.8 Å². The van der Waals surface area contributed by atoms with Crippen LogP contribution >= 0.6 is 24.0 Å². The molecule has 2 saturated heterocycles. The Bertz CT molecular complexity index is 807. The highest BCUT2D eigenvalue weighted by Gasteiger charge is 2.42. The molecule has 0 aromatic heterocycles. The lowest BCUT2D eigenvalue weighted by Gasteiger charge is -2.40. The average molecular weight is 540 g/mol. The molecule has 0 saturated carbocycles. The number of halogens is 2. The first-order chi connectivity index (χ1) is 13.4. The smallest absolute Gasteiger partial charge is 0.193 e. The van der Waals surface area contributed by atoms with Crippen LogP contribution in [0.2, 0.25) is 0 Å². The van der Waals surface area contributed by atoms with Crippen LogP contribution in [0.1, 0.15) is 12.8 Å². The third-order valence-electron chi connectivity index (χ3n) is 5.74. The maximum Gasteiger partial charge on any atom is 0.193 e. The number of benzene rings is 1. The minimum atomic E-state index is -3.24. The molecule has 7 nitrogen and oxygen atoms in total. The number of aliphatic imine (C=N–C) groups is 1. The second-order valence-corrected chi connectivity index (χ2v) is 9.80. The molecule has 2 aliphatic heterocycles. The van der Waals surface area contributed by atoms with E-state index in [0.717, 1.165) is 0 Å². The Morgan fingerprint density at radius 2 is 1.83 bits per heavy atom.